The van der Waals surface area contributed by atoms with Gasteiger partial charge >= 0.3 is 6.01 Å². The first-order valence-electron chi connectivity index (χ1n) is 5.02. The molecule has 0 radical (unpaired) electrons. The van der Waals surface area contributed by atoms with Crippen molar-refractivity contribution in [3.63, 3.8) is 0 Å². The number of ether oxygens (including phenoxy) is 1. The van der Waals surface area contributed by atoms with Gasteiger partial charge in [0.25, 0.3) is 0 Å². The summed E-state index contributed by atoms with van der Waals surface area (Å²) in [5, 5.41) is 0. The van der Waals surface area contributed by atoms with Gasteiger partial charge in [0, 0.05) is 16.4 Å². The molecule has 0 aliphatic heterocycles. The summed E-state index contributed by atoms with van der Waals surface area (Å²) in [6.45, 7) is 1.77. The maximum Gasteiger partial charge on any atom is 0.322 e. The molecular formula is C12H8BrFN2O2. The van der Waals surface area contributed by atoms with Crippen LogP contribution in [0.5, 0.6) is 11.8 Å². The second kappa shape index (κ2) is 5.22. The van der Waals surface area contributed by atoms with Gasteiger partial charge in [-0.25, -0.2) is 14.4 Å². The maximum atomic E-state index is 13.9. The molecule has 0 saturated carbocycles. The molecule has 0 spiro atoms. The monoisotopic (exact) mass is 310 g/mol. The van der Waals surface area contributed by atoms with Gasteiger partial charge in [-0.15, -0.1) is 0 Å². The first kappa shape index (κ1) is 12.6. The Labute approximate surface area is 111 Å². The van der Waals surface area contributed by atoms with E-state index in [1.165, 1.54) is 18.3 Å². The fourth-order valence-electron chi connectivity index (χ4n) is 1.31. The topological polar surface area (TPSA) is 52.1 Å². The molecule has 2 rings (SSSR count). The number of halogens is 2. The number of carbonyl (C=O) groups excluding carboxylic acids is 1. The summed E-state index contributed by atoms with van der Waals surface area (Å²) in [5.41, 5.74) is 0.605. The molecule has 0 fully saturated rings. The fraction of sp³-hybridized carbons (Fsp3) is 0.0833. The van der Waals surface area contributed by atoms with Gasteiger partial charge in [-0.3, -0.25) is 4.79 Å². The highest BCUT2D eigenvalue weighted by atomic mass is 79.9. The Hall–Kier alpha value is -1.82. The third-order valence-electron chi connectivity index (χ3n) is 2.18. The average molecular weight is 311 g/mol. The molecule has 0 aliphatic rings. The Balaban J connectivity index is 2.38. The maximum absolute atomic E-state index is 13.9. The van der Waals surface area contributed by atoms with Gasteiger partial charge in [-0.05, 0) is 41.1 Å². The zero-order chi connectivity index (χ0) is 13.1. The molecule has 0 aliphatic carbocycles. The second-order valence-electron chi connectivity index (χ2n) is 3.47. The number of rotatable bonds is 3. The van der Waals surface area contributed by atoms with E-state index in [0.717, 1.165) is 0 Å². The molecule has 92 valence electrons. The van der Waals surface area contributed by atoms with E-state index in [2.05, 4.69) is 25.9 Å². The SMILES string of the molecule is Cc1ccnc(Oc2ccc(Br)c(C=O)c2F)n1. The van der Waals surface area contributed by atoms with Crippen molar-refractivity contribution in [3.8, 4) is 11.8 Å². The van der Waals surface area contributed by atoms with Crippen LogP contribution in [0.4, 0.5) is 4.39 Å². The van der Waals surface area contributed by atoms with E-state index in [9.17, 15) is 9.18 Å². The lowest BCUT2D eigenvalue weighted by Gasteiger charge is -2.07. The van der Waals surface area contributed by atoms with Gasteiger partial charge in [0.1, 0.15) is 0 Å². The quantitative estimate of drug-likeness (QED) is 0.816. The van der Waals surface area contributed by atoms with Crippen molar-refractivity contribution >= 4 is 22.2 Å². The van der Waals surface area contributed by atoms with Gasteiger partial charge in [-0.1, -0.05) is 0 Å². The van der Waals surface area contributed by atoms with E-state index < -0.39 is 5.82 Å². The predicted octanol–water partition coefficient (Wildman–Crippen LogP) is 3.29. The number of hydrogen-bond donors (Lipinski definition) is 0. The molecule has 18 heavy (non-hydrogen) atoms. The molecule has 2 aromatic rings. The van der Waals surface area contributed by atoms with Gasteiger partial charge in [-0.2, -0.15) is 0 Å². The molecule has 1 heterocycles. The summed E-state index contributed by atoms with van der Waals surface area (Å²) in [6.07, 6.45) is 1.93. The summed E-state index contributed by atoms with van der Waals surface area (Å²) in [6, 6.07) is 4.66. The lowest BCUT2D eigenvalue weighted by atomic mass is 10.2. The largest absolute Gasteiger partial charge is 0.421 e. The van der Waals surface area contributed by atoms with Crippen LogP contribution in [0.1, 0.15) is 16.1 Å². The van der Waals surface area contributed by atoms with Crippen molar-refractivity contribution in [2.45, 2.75) is 6.92 Å². The number of nitrogens with zero attached hydrogens (tertiary/aromatic N) is 2. The minimum absolute atomic E-state index is 0.0353. The summed E-state index contributed by atoms with van der Waals surface area (Å²) in [7, 11) is 0. The van der Waals surface area contributed by atoms with E-state index in [1.807, 2.05) is 0 Å². The Morgan fingerprint density at radius 2 is 2.17 bits per heavy atom. The highest BCUT2D eigenvalue weighted by Gasteiger charge is 2.14. The standard InChI is InChI=1S/C12H8BrFN2O2/c1-7-4-5-15-12(16-7)18-10-3-2-9(13)8(6-17)11(10)14/h2-6H,1H3. The van der Waals surface area contributed by atoms with E-state index in [4.69, 9.17) is 4.74 Å². The first-order chi connectivity index (χ1) is 8.61. The number of aldehydes is 1. The van der Waals surface area contributed by atoms with E-state index >= 15 is 0 Å². The van der Waals surface area contributed by atoms with E-state index in [1.54, 1.807) is 13.0 Å². The Kier molecular flexibility index (Phi) is 3.66. The molecule has 0 atom stereocenters. The molecular weight excluding hydrogens is 303 g/mol. The minimum atomic E-state index is -0.746. The zero-order valence-electron chi connectivity index (χ0n) is 9.35. The Morgan fingerprint density at radius 3 is 2.83 bits per heavy atom. The summed E-state index contributed by atoms with van der Waals surface area (Å²) >= 11 is 3.08. The predicted molar refractivity (Wildman–Crippen MR) is 66.3 cm³/mol. The fourth-order valence-corrected chi connectivity index (χ4v) is 1.71. The van der Waals surface area contributed by atoms with Crippen LogP contribution in [0.25, 0.3) is 0 Å². The molecule has 0 saturated heterocycles. The van der Waals surface area contributed by atoms with Crippen molar-refractivity contribution < 1.29 is 13.9 Å². The summed E-state index contributed by atoms with van der Waals surface area (Å²) in [4.78, 5) is 18.6. The van der Waals surface area contributed by atoms with Crippen LogP contribution in [-0.4, -0.2) is 16.3 Å². The molecule has 1 aromatic carbocycles. The van der Waals surface area contributed by atoms with Crippen molar-refractivity contribution in [2.75, 3.05) is 0 Å². The lowest BCUT2D eigenvalue weighted by Crippen LogP contribution is -1.98. The van der Waals surface area contributed by atoms with Crippen LogP contribution in [0, 0.1) is 12.7 Å². The average Bonchev–Trinajstić information content (AvgIpc) is 2.34. The van der Waals surface area contributed by atoms with Gasteiger partial charge < -0.3 is 4.74 Å². The number of aryl methyl sites for hydroxylation is 1. The van der Waals surface area contributed by atoms with Crippen LogP contribution in [0.15, 0.2) is 28.9 Å². The molecule has 0 bridgehead atoms. The summed E-state index contributed by atoms with van der Waals surface area (Å²) in [5.74, 6) is -0.838. The van der Waals surface area contributed by atoms with Crippen LogP contribution < -0.4 is 4.74 Å². The van der Waals surface area contributed by atoms with Crippen LogP contribution in [-0.2, 0) is 0 Å². The van der Waals surface area contributed by atoms with Crippen molar-refractivity contribution in [3.05, 3.63) is 45.9 Å². The van der Waals surface area contributed by atoms with Crippen molar-refractivity contribution in [1.29, 1.82) is 0 Å². The molecule has 0 unspecified atom stereocenters. The third kappa shape index (κ3) is 2.53. The second-order valence-corrected chi connectivity index (χ2v) is 4.33. The number of carbonyl (C=O) groups is 1. The van der Waals surface area contributed by atoms with E-state index in [0.29, 0.717) is 16.5 Å². The highest BCUT2D eigenvalue weighted by Crippen LogP contribution is 2.28. The summed E-state index contributed by atoms with van der Waals surface area (Å²) < 4.78 is 19.5. The number of benzene rings is 1. The molecule has 6 heteroatoms. The highest BCUT2D eigenvalue weighted by molar-refractivity contribution is 9.10. The smallest absolute Gasteiger partial charge is 0.322 e. The van der Waals surface area contributed by atoms with Gasteiger partial charge in [0.2, 0.25) is 0 Å². The van der Waals surface area contributed by atoms with Gasteiger partial charge in [0.05, 0.1) is 5.56 Å². The van der Waals surface area contributed by atoms with Crippen LogP contribution in [0.2, 0.25) is 0 Å². The lowest BCUT2D eigenvalue weighted by molar-refractivity contribution is 0.111. The molecule has 1 aromatic heterocycles. The van der Waals surface area contributed by atoms with Gasteiger partial charge in [0.15, 0.2) is 17.9 Å². The molecule has 0 N–H and O–H groups in total. The number of aromatic nitrogens is 2. The van der Waals surface area contributed by atoms with Crippen LogP contribution >= 0.6 is 15.9 Å². The first-order valence-corrected chi connectivity index (χ1v) is 5.82. The van der Waals surface area contributed by atoms with Crippen molar-refractivity contribution in [2.24, 2.45) is 0 Å². The number of hydrogen-bond acceptors (Lipinski definition) is 4. The minimum Gasteiger partial charge on any atom is -0.421 e. The zero-order valence-corrected chi connectivity index (χ0v) is 10.9. The van der Waals surface area contributed by atoms with E-state index in [-0.39, 0.29) is 17.3 Å². The molecule has 0 amide bonds. The van der Waals surface area contributed by atoms with Crippen LogP contribution in [0.3, 0.4) is 0 Å². The third-order valence-corrected chi connectivity index (χ3v) is 2.87. The Morgan fingerprint density at radius 1 is 1.39 bits per heavy atom. The van der Waals surface area contributed by atoms with Crippen molar-refractivity contribution in [1.82, 2.24) is 9.97 Å². The Bertz CT molecular complexity index is 605. The molecule has 4 nitrogen and oxygen atoms in total. The normalized spacial score (nSPS) is 10.2.